The van der Waals surface area contributed by atoms with Gasteiger partial charge in [0.2, 0.25) is 11.8 Å². The molecular formula is C12H23N3O4. The molecule has 7 nitrogen and oxygen atoms in total. The lowest BCUT2D eigenvalue weighted by Crippen LogP contribution is -2.54. The molecule has 0 unspecified atom stereocenters. The van der Waals surface area contributed by atoms with Crippen LogP contribution in [0.5, 0.6) is 0 Å². The van der Waals surface area contributed by atoms with Gasteiger partial charge in [-0.25, -0.2) is 4.79 Å². The number of hydrogen-bond donors (Lipinski definition) is 3. The van der Waals surface area contributed by atoms with Crippen LogP contribution in [0.15, 0.2) is 0 Å². The molecule has 1 atom stereocenters. The minimum absolute atomic E-state index is 0.0386. The first-order valence-corrected chi connectivity index (χ1v) is 6.05. The Morgan fingerprint density at radius 2 is 1.79 bits per heavy atom. The zero-order valence-corrected chi connectivity index (χ0v) is 12.1. The standard InChI is InChI=1S/C12H23N3O4/c1-7(2)9(13)10(17)14-6-8(16)15(5)12(3,4)11(18)19/h7,9H,6,13H2,1-5H3,(H,14,17)(H,18,19)/t9-/m0/s1. The zero-order chi connectivity index (χ0) is 15.4. The average molecular weight is 273 g/mol. The van der Waals surface area contributed by atoms with E-state index in [0.717, 1.165) is 4.90 Å². The third-order valence-electron chi connectivity index (χ3n) is 3.17. The monoisotopic (exact) mass is 273 g/mol. The number of aliphatic carboxylic acids is 1. The summed E-state index contributed by atoms with van der Waals surface area (Å²) in [5.74, 6) is -2.07. The summed E-state index contributed by atoms with van der Waals surface area (Å²) in [6, 6.07) is -0.689. The van der Waals surface area contributed by atoms with Crippen LogP contribution in [-0.2, 0) is 14.4 Å². The van der Waals surface area contributed by atoms with Gasteiger partial charge >= 0.3 is 5.97 Å². The molecule has 0 aromatic heterocycles. The highest BCUT2D eigenvalue weighted by atomic mass is 16.4. The second kappa shape index (κ2) is 6.51. The van der Waals surface area contributed by atoms with Crippen molar-refractivity contribution >= 4 is 17.8 Å². The highest BCUT2D eigenvalue weighted by Crippen LogP contribution is 2.12. The average Bonchev–Trinajstić information content (AvgIpc) is 2.32. The van der Waals surface area contributed by atoms with Crippen molar-refractivity contribution in [2.45, 2.75) is 39.3 Å². The predicted molar refractivity (Wildman–Crippen MR) is 70.3 cm³/mol. The van der Waals surface area contributed by atoms with Gasteiger partial charge in [-0.1, -0.05) is 13.8 Å². The number of carboxylic acids is 1. The Balaban J connectivity index is 4.49. The molecule has 0 aliphatic heterocycles. The maximum Gasteiger partial charge on any atom is 0.329 e. The summed E-state index contributed by atoms with van der Waals surface area (Å²) in [5, 5.41) is 11.4. The van der Waals surface area contributed by atoms with Gasteiger partial charge in [0, 0.05) is 7.05 Å². The first-order chi connectivity index (χ1) is 8.51. The number of nitrogens with two attached hydrogens (primary N) is 1. The molecule has 19 heavy (non-hydrogen) atoms. The number of amides is 2. The molecule has 110 valence electrons. The van der Waals surface area contributed by atoms with E-state index in [1.807, 2.05) is 0 Å². The molecule has 0 bridgehead atoms. The van der Waals surface area contributed by atoms with Crippen LogP contribution in [0, 0.1) is 5.92 Å². The van der Waals surface area contributed by atoms with Crippen LogP contribution in [0.3, 0.4) is 0 Å². The van der Waals surface area contributed by atoms with Crippen LogP contribution in [-0.4, -0.2) is 53.0 Å². The van der Waals surface area contributed by atoms with Gasteiger partial charge in [0.1, 0.15) is 5.54 Å². The van der Waals surface area contributed by atoms with E-state index in [0.29, 0.717) is 0 Å². The number of likely N-dealkylation sites (N-methyl/N-ethyl adjacent to an activating group) is 1. The molecule has 0 spiro atoms. The Morgan fingerprint density at radius 1 is 1.32 bits per heavy atom. The van der Waals surface area contributed by atoms with E-state index in [-0.39, 0.29) is 12.5 Å². The predicted octanol–water partition coefficient (Wildman–Crippen LogP) is -0.592. The topological polar surface area (TPSA) is 113 Å². The van der Waals surface area contributed by atoms with E-state index in [1.165, 1.54) is 20.9 Å². The second-order valence-corrected chi connectivity index (χ2v) is 5.30. The summed E-state index contributed by atoms with van der Waals surface area (Å²) in [7, 11) is 1.38. The van der Waals surface area contributed by atoms with Gasteiger partial charge in [0.15, 0.2) is 0 Å². The maximum atomic E-state index is 11.8. The van der Waals surface area contributed by atoms with Crippen molar-refractivity contribution in [3.63, 3.8) is 0 Å². The largest absolute Gasteiger partial charge is 0.480 e. The lowest BCUT2D eigenvalue weighted by Gasteiger charge is -2.31. The number of rotatable bonds is 6. The first kappa shape index (κ1) is 17.4. The molecule has 0 aliphatic carbocycles. The quantitative estimate of drug-likeness (QED) is 0.598. The summed E-state index contributed by atoms with van der Waals surface area (Å²) in [4.78, 5) is 35.5. The molecular weight excluding hydrogens is 250 g/mol. The number of hydrogen-bond acceptors (Lipinski definition) is 4. The van der Waals surface area contributed by atoms with Crippen LogP contribution in [0.4, 0.5) is 0 Å². The summed E-state index contributed by atoms with van der Waals surface area (Å²) < 4.78 is 0. The fourth-order valence-electron chi connectivity index (χ4n) is 1.16. The van der Waals surface area contributed by atoms with E-state index in [1.54, 1.807) is 13.8 Å². The minimum Gasteiger partial charge on any atom is -0.480 e. The van der Waals surface area contributed by atoms with Gasteiger partial charge in [0.05, 0.1) is 12.6 Å². The van der Waals surface area contributed by atoms with Crippen LogP contribution in [0.25, 0.3) is 0 Å². The molecule has 0 aromatic rings. The highest BCUT2D eigenvalue weighted by Gasteiger charge is 2.35. The fourth-order valence-corrected chi connectivity index (χ4v) is 1.16. The molecule has 0 saturated carbocycles. The first-order valence-electron chi connectivity index (χ1n) is 6.05. The van der Waals surface area contributed by atoms with E-state index in [4.69, 9.17) is 10.8 Å². The molecule has 0 radical (unpaired) electrons. The Hall–Kier alpha value is -1.63. The van der Waals surface area contributed by atoms with Gasteiger partial charge in [-0.05, 0) is 19.8 Å². The Labute approximate surface area is 113 Å². The van der Waals surface area contributed by atoms with E-state index < -0.39 is 29.4 Å². The summed E-state index contributed by atoms with van der Waals surface area (Å²) in [6.07, 6.45) is 0. The number of nitrogens with one attached hydrogen (secondary N) is 1. The van der Waals surface area contributed by atoms with Gasteiger partial charge in [0.25, 0.3) is 0 Å². The molecule has 0 saturated heterocycles. The Kier molecular flexibility index (Phi) is 5.95. The number of carbonyl (C=O) groups is 3. The smallest absolute Gasteiger partial charge is 0.329 e. The van der Waals surface area contributed by atoms with Crippen molar-refractivity contribution in [2.24, 2.45) is 11.7 Å². The molecule has 4 N–H and O–H groups in total. The van der Waals surface area contributed by atoms with E-state index in [2.05, 4.69) is 5.32 Å². The summed E-state index contributed by atoms with van der Waals surface area (Å²) >= 11 is 0. The number of carboxylic acid groups (broad SMARTS) is 1. The maximum absolute atomic E-state index is 11.8. The number of carbonyl (C=O) groups excluding carboxylic acids is 2. The van der Waals surface area contributed by atoms with Gasteiger partial charge in [-0.2, -0.15) is 0 Å². The van der Waals surface area contributed by atoms with Gasteiger partial charge in [-0.15, -0.1) is 0 Å². The van der Waals surface area contributed by atoms with E-state index in [9.17, 15) is 14.4 Å². The van der Waals surface area contributed by atoms with Gasteiger partial charge in [-0.3, -0.25) is 9.59 Å². The van der Waals surface area contributed by atoms with Crippen molar-refractivity contribution in [3.8, 4) is 0 Å². The molecule has 0 aliphatic rings. The number of nitrogens with zero attached hydrogens (tertiary/aromatic N) is 1. The SMILES string of the molecule is CC(C)[C@H](N)C(=O)NCC(=O)N(C)C(C)(C)C(=O)O. The highest BCUT2D eigenvalue weighted by molar-refractivity contribution is 5.90. The third-order valence-corrected chi connectivity index (χ3v) is 3.17. The van der Waals surface area contributed by atoms with Crippen molar-refractivity contribution < 1.29 is 19.5 Å². The molecule has 2 amide bonds. The summed E-state index contributed by atoms with van der Waals surface area (Å²) in [6.45, 7) is 6.15. The van der Waals surface area contributed by atoms with Crippen molar-refractivity contribution in [1.29, 1.82) is 0 Å². The Morgan fingerprint density at radius 3 is 2.16 bits per heavy atom. The second-order valence-electron chi connectivity index (χ2n) is 5.30. The molecule has 0 aromatic carbocycles. The lowest BCUT2D eigenvalue weighted by molar-refractivity contribution is -0.155. The third kappa shape index (κ3) is 4.51. The van der Waals surface area contributed by atoms with Crippen molar-refractivity contribution in [2.75, 3.05) is 13.6 Å². The molecule has 7 heteroatoms. The molecule has 0 fully saturated rings. The van der Waals surface area contributed by atoms with Crippen LogP contribution >= 0.6 is 0 Å². The molecule has 0 heterocycles. The van der Waals surface area contributed by atoms with Crippen molar-refractivity contribution in [1.82, 2.24) is 10.2 Å². The molecule has 0 rings (SSSR count). The van der Waals surface area contributed by atoms with E-state index >= 15 is 0 Å². The lowest BCUT2D eigenvalue weighted by atomic mass is 10.0. The van der Waals surface area contributed by atoms with Crippen LogP contribution in [0.2, 0.25) is 0 Å². The van der Waals surface area contributed by atoms with Crippen LogP contribution < -0.4 is 11.1 Å². The zero-order valence-electron chi connectivity index (χ0n) is 12.1. The van der Waals surface area contributed by atoms with Crippen molar-refractivity contribution in [3.05, 3.63) is 0 Å². The minimum atomic E-state index is -1.33. The Bertz CT molecular complexity index is 366. The van der Waals surface area contributed by atoms with Gasteiger partial charge < -0.3 is 21.1 Å². The van der Waals surface area contributed by atoms with Crippen LogP contribution in [0.1, 0.15) is 27.7 Å². The summed E-state index contributed by atoms with van der Waals surface area (Å²) in [5.41, 5.74) is 4.29. The normalized spacial score (nSPS) is 13.0. The fraction of sp³-hybridized carbons (Fsp3) is 0.750.